The fourth-order valence-corrected chi connectivity index (χ4v) is 3.31. The van der Waals surface area contributed by atoms with Crippen LogP contribution in [0.4, 0.5) is 5.82 Å². The topological polar surface area (TPSA) is 67.2 Å². The summed E-state index contributed by atoms with van der Waals surface area (Å²) in [5, 5.41) is 4.20. The summed E-state index contributed by atoms with van der Waals surface area (Å²) in [6.07, 6.45) is 5.12. The van der Waals surface area contributed by atoms with Gasteiger partial charge in [0.1, 0.15) is 12.1 Å². The molecule has 0 saturated carbocycles. The molecule has 1 amide bonds. The number of anilines is 1. The number of carbonyl (C=O) groups excluding carboxylic acids is 1. The van der Waals surface area contributed by atoms with E-state index in [1.807, 2.05) is 47.5 Å². The normalized spacial score (nSPS) is 14.5. The van der Waals surface area contributed by atoms with Gasteiger partial charge in [0.15, 0.2) is 5.82 Å². The Balaban J connectivity index is 1.43. The van der Waals surface area contributed by atoms with Crippen LogP contribution < -0.4 is 4.90 Å². The van der Waals surface area contributed by atoms with E-state index >= 15 is 0 Å². The monoisotopic (exact) mass is 460 g/mol. The van der Waals surface area contributed by atoms with Gasteiger partial charge in [0.05, 0.1) is 0 Å². The lowest BCUT2D eigenvalue weighted by molar-refractivity contribution is 0.0746. The number of nitrogens with zero attached hydrogens (tertiary/aromatic N) is 6. The predicted molar refractivity (Wildman–Crippen MR) is 106 cm³/mol. The lowest BCUT2D eigenvalue weighted by Gasteiger charge is -2.35. The first-order valence-corrected chi connectivity index (χ1v) is 9.40. The number of aromatic nitrogens is 4. The van der Waals surface area contributed by atoms with Gasteiger partial charge in [-0.15, -0.1) is 0 Å². The molecule has 3 heterocycles. The summed E-state index contributed by atoms with van der Waals surface area (Å²) in [4.78, 5) is 25.3. The molecule has 4 rings (SSSR count). The van der Waals surface area contributed by atoms with E-state index in [4.69, 9.17) is 0 Å². The number of amides is 1. The van der Waals surface area contributed by atoms with E-state index in [0.717, 1.165) is 33.9 Å². The Labute approximate surface area is 164 Å². The predicted octanol–water partition coefficient (Wildman–Crippen LogP) is 2.23. The van der Waals surface area contributed by atoms with E-state index in [9.17, 15) is 4.79 Å². The fourth-order valence-electron chi connectivity index (χ4n) is 2.95. The maximum atomic E-state index is 12.6. The molecule has 1 fully saturated rings. The molecule has 26 heavy (non-hydrogen) atoms. The van der Waals surface area contributed by atoms with Crippen LogP contribution in [0.2, 0.25) is 0 Å². The maximum absolute atomic E-state index is 12.6. The molecule has 0 N–H and O–H groups in total. The zero-order chi connectivity index (χ0) is 17.9. The van der Waals surface area contributed by atoms with Crippen molar-refractivity contribution in [3.05, 3.63) is 64.3 Å². The van der Waals surface area contributed by atoms with E-state index in [2.05, 4.69) is 42.6 Å². The number of halogens is 1. The van der Waals surface area contributed by atoms with Crippen LogP contribution in [0.25, 0.3) is 5.82 Å². The van der Waals surface area contributed by atoms with Crippen LogP contribution in [0, 0.1) is 3.57 Å². The van der Waals surface area contributed by atoms with Crippen LogP contribution in [0.3, 0.4) is 0 Å². The quantitative estimate of drug-likeness (QED) is 0.561. The summed E-state index contributed by atoms with van der Waals surface area (Å²) >= 11 is 2.24. The Kier molecular flexibility index (Phi) is 4.83. The number of piperazine rings is 1. The first-order chi connectivity index (χ1) is 12.7. The molecule has 0 atom stereocenters. The molecule has 1 aliphatic heterocycles. The smallest absolute Gasteiger partial charge is 0.253 e. The Morgan fingerprint density at radius 2 is 1.73 bits per heavy atom. The minimum atomic E-state index is 0.0842. The van der Waals surface area contributed by atoms with Crippen LogP contribution in [-0.4, -0.2) is 56.7 Å². The Hall–Kier alpha value is -2.49. The maximum Gasteiger partial charge on any atom is 0.253 e. The molecular formula is C18H17IN6O. The van der Waals surface area contributed by atoms with E-state index in [0.29, 0.717) is 13.1 Å². The zero-order valence-corrected chi connectivity index (χ0v) is 16.2. The molecule has 0 unspecified atom stereocenters. The summed E-state index contributed by atoms with van der Waals surface area (Å²) in [6.45, 7) is 2.83. The third-order valence-electron chi connectivity index (χ3n) is 4.36. The van der Waals surface area contributed by atoms with E-state index in [-0.39, 0.29) is 5.91 Å². The van der Waals surface area contributed by atoms with Crippen LogP contribution in [0.5, 0.6) is 0 Å². The third-order valence-corrected chi connectivity index (χ3v) is 5.08. The van der Waals surface area contributed by atoms with Gasteiger partial charge in [0.25, 0.3) is 5.91 Å². The average molecular weight is 460 g/mol. The number of hydrogen-bond donors (Lipinski definition) is 0. The van der Waals surface area contributed by atoms with Crippen LogP contribution in [-0.2, 0) is 0 Å². The molecule has 132 valence electrons. The van der Waals surface area contributed by atoms with Crippen molar-refractivity contribution in [2.75, 3.05) is 31.1 Å². The van der Waals surface area contributed by atoms with Crippen molar-refractivity contribution >= 4 is 34.3 Å². The highest BCUT2D eigenvalue weighted by Crippen LogP contribution is 2.17. The molecule has 1 aromatic carbocycles. The standard InChI is InChI=1S/C18H17IN6O/c19-15-4-2-14(3-5-15)18(26)24-10-8-23(9-11-24)16-12-17(21-13-20-16)25-7-1-6-22-25/h1-7,12-13H,8-11H2. The van der Waals surface area contributed by atoms with Crippen LogP contribution in [0.1, 0.15) is 10.4 Å². The minimum absolute atomic E-state index is 0.0842. The Morgan fingerprint density at radius 1 is 1.00 bits per heavy atom. The van der Waals surface area contributed by atoms with E-state index in [1.165, 1.54) is 0 Å². The third kappa shape index (κ3) is 3.55. The van der Waals surface area contributed by atoms with Crippen molar-refractivity contribution < 1.29 is 4.79 Å². The van der Waals surface area contributed by atoms with Crippen molar-refractivity contribution in [3.8, 4) is 5.82 Å². The fraction of sp³-hybridized carbons (Fsp3) is 0.222. The van der Waals surface area contributed by atoms with Gasteiger partial charge in [-0.05, 0) is 52.9 Å². The highest BCUT2D eigenvalue weighted by Gasteiger charge is 2.23. The first-order valence-electron chi connectivity index (χ1n) is 8.32. The molecule has 0 spiro atoms. The molecule has 1 aliphatic rings. The molecule has 0 radical (unpaired) electrons. The Morgan fingerprint density at radius 3 is 2.42 bits per heavy atom. The van der Waals surface area contributed by atoms with Gasteiger partial charge < -0.3 is 9.80 Å². The van der Waals surface area contributed by atoms with Gasteiger partial charge in [0.2, 0.25) is 0 Å². The molecule has 1 saturated heterocycles. The van der Waals surface area contributed by atoms with Gasteiger partial charge in [-0.1, -0.05) is 0 Å². The van der Waals surface area contributed by atoms with E-state index in [1.54, 1.807) is 17.2 Å². The van der Waals surface area contributed by atoms with Gasteiger partial charge >= 0.3 is 0 Å². The minimum Gasteiger partial charge on any atom is -0.353 e. The summed E-state index contributed by atoms with van der Waals surface area (Å²) in [5.41, 5.74) is 0.738. The summed E-state index contributed by atoms with van der Waals surface area (Å²) in [7, 11) is 0. The highest BCUT2D eigenvalue weighted by atomic mass is 127. The number of benzene rings is 1. The molecule has 3 aromatic rings. The molecule has 0 aliphatic carbocycles. The number of rotatable bonds is 3. The van der Waals surface area contributed by atoms with Crippen molar-refractivity contribution in [2.24, 2.45) is 0 Å². The lowest BCUT2D eigenvalue weighted by Crippen LogP contribution is -2.49. The highest BCUT2D eigenvalue weighted by molar-refractivity contribution is 14.1. The summed E-state index contributed by atoms with van der Waals surface area (Å²) in [5.74, 6) is 1.67. The second-order valence-corrected chi connectivity index (χ2v) is 7.22. The molecule has 7 nitrogen and oxygen atoms in total. The van der Waals surface area contributed by atoms with Crippen molar-refractivity contribution in [1.82, 2.24) is 24.6 Å². The Bertz CT molecular complexity index is 888. The SMILES string of the molecule is O=C(c1ccc(I)cc1)N1CCN(c2cc(-n3cccn3)ncn2)CC1. The molecule has 2 aromatic heterocycles. The van der Waals surface area contributed by atoms with Gasteiger partial charge in [-0.2, -0.15) is 5.10 Å². The second kappa shape index (κ2) is 7.40. The zero-order valence-electron chi connectivity index (χ0n) is 14.0. The summed E-state index contributed by atoms with van der Waals surface area (Å²) < 4.78 is 2.84. The van der Waals surface area contributed by atoms with Crippen molar-refractivity contribution in [3.63, 3.8) is 0 Å². The van der Waals surface area contributed by atoms with Gasteiger partial charge in [0, 0.05) is 53.8 Å². The van der Waals surface area contributed by atoms with Crippen LogP contribution in [0.15, 0.2) is 55.1 Å². The van der Waals surface area contributed by atoms with Gasteiger partial charge in [-0.25, -0.2) is 14.6 Å². The van der Waals surface area contributed by atoms with Crippen molar-refractivity contribution in [2.45, 2.75) is 0 Å². The number of carbonyl (C=O) groups is 1. The second-order valence-electron chi connectivity index (χ2n) is 5.97. The molecular weight excluding hydrogens is 443 g/mol. The largest absolute Gasteiger partial charge is 0.353 e. The lowest BCUT2D eigenvalue weighted by atomic mass is 10.2. The average Bonchev–Trinajstić information content (AvgIpc) is 3.23. The van der Waals surface area contributed by atoms with Crippen molar-refractivity contribution in [1.29, 1.82) is 0 Å². The molecule has 8 heteroatoms. The van der Waals surface area contributed by atoms with Crippen LogP contribution >= 0.6 is 22.6 Å². The number of hydrogen-bond acceptors (Lipinski definition) is 5. The molecule has 0 bridgehead atoms. The van der Waals surface area contributed by atoms with E-state index < -0.39 is 0 Å². The first kappa shape index (κ1) is 17.0. The van der Waals surface area contributed by atoms with Gasteiger partial charge in [-0.3, -0.25) is 4.79 Å². The summed E-state index contributed by atoms with van der Waals surface area (Å²) in [6, 6.07) is 11.5.